The number of thiazole rings is 1. The van der Waals surface area contributed by atoms with Crippen LogP contribution in [0.1, 0.15) is 22.8 Å². The fraction of sp³-hybridized carbons (Fsp3) is 0.243. The summed E-state index contributed by atoms with van der Waals surface area (Å²) in [6, 6.07) is 26.6. The number of aromatic amines is 1. The largest absolute Gasteiger partial charge is 0.483 e. The number of carbonyl (C=O) groups is 3. The van der Waals surface area contributed by atoms with Crippen molar-refractivity contribution < 1.29 is 23.5 Å². The quantitative estimate of drug-likeness (QED) is 0.201. The number of rotatable bonds is 6. The maximum absolute atomic E-state index is 14.0. The highest BCUT2D eigenvalue weighted by molar-refractivity contribution is 8.00. The number of aromatic nitrogens is 1. The number of amides is 3. The standard InChI is InChI=1S/C37H28FN3O5S2/c38-19-12-14-20(15-13-19)41-35(43)30-23-16-24(31(30)36(41)44)32-29(23)28(33-34(47-32)40-37(45)48-33)22-9-3-4-11-26(22)46-17-27(42)39-25-10-5-7-18-6-1-2-8-21(18)25/h1-15,23-24,28-32H,16-17H2,(H,39,42)(H,40,45)/t23-,24-,28+,29-,30+,31+,32-/m1/s1. The summed E-state index contributed by atoms with van der Waals surface area (Å²) >= 11 is 2.77. The molecule has 9 rings (SSSR count). The lowest BCUT2D eigenvalue weighted by atomic mass is 9.68. The Hall–Kier alpha value is -4.74. The van der Waals surface area contributed by atoms with Gasteiger partial charge in [0.2, 0.25) is 11.8 Å². The van der Waals surface area contributed by atoms with Crippen molar-refractivity contribution in [3.63, 3.8) is 0 Å². The number of anilines is 2. The smallest absolute Gasteiger partial charge is 0.305 e. The van der Waals surface area contributed by atoms with Crippen molar-refractivity contribution >= 4 is 63.0 Å². The van der Waals surface area contributed by atoms with Gasteiger partial charge in [0.15, 0.2) is 6.61 Å². The predicted molar refractivity (Wildman–Crippen MR) is 182 cm³/mol. The van der Waals surface area contributed by atoms with Gasteiger partial charge in [-0.2, -0.15) is 0 Å². The topological polar surface area (TPSA) is 109 Å². The van der Waals surface area contributed by atoms with Gasteiger partial charge < -0.3 is 15.0 Å². The van der Waals surface area contributed by atoms with E-state index in [0.29, 0.717) is 17.1 Å². The molecule has 48 heavy (non-hydrogen) atoms. The number of benzene rings is 4. The molecular formula is C37H28FN3O5S2. The number of para-hydroxylation sites is 1. The van der Waals surface area contributed by atoms with Crippen molar-refractivity contribution in [1.82, 2.24) is 4.98 Å². The van der Waals surface area contributed by atoms with E-state index in [4.69, 9.17) is 4.74 Å². The summed E-state index contributed by atoms with van der Waals surface area (Å²) in [5.41, 5.74) is 1.93. The van der Waals surface area contributed by atoms with Crippen molar-refractivity contribution in [2.75, 3.05) is 16.8 Å². The molecule has 8 nitrogen and oxygen atoms in total. The normalized spacial score (nSPS) is 26.8. The zero-order valence-corrected chi connectivity index (χ0v) is 26.9. The Bertz CT molecular complexity index is 2190. The number of halogens is 1. The number of nitrogens with zero attached hydrogens (tertiary/aromatic N) is 1. The molecule has 2 saturated carbocycles. The molecule has 2 aliphatic heterocycles. The minimum Gasteiger partial charge on any atom is -0.483 e. The molecule has 0 unspecified atom stereocenters. The van der Waals surface area contributed by atoms with Gasteiger partial charge >= 0.3 is 4.87 Å². The number of H-pyrrole nitrogens is 1. The molecule has 240 valence electrons. The number of fused-ring (bicyclic) bond motifs is 10. The molecular weight excluding hydrogens is 650 g/mol. The van der Waals surface area contributed by atoms with E-state index < -0.39 is 17.7 Å². The van der Waals surface area contributed by atoms with E-state index >= 15 is 0 Å². The van der Waals surface area contributed by atoms with Crippen LogP contribution >= 0.6 is 23.1 Å². The van der Waals surface area contributed by atoms with Crippen LogP contribution in [0.5, 0.6) is 5.75 Å². The monoisotopic (exact) mass is 677 g/mol. The number of hydrogen-bond acceptors (Lipinski definition) is 7. The average molecular weight is 678 g/mol. The van der Waals surface area contributed by atoms with Crippen molar-refractivity contribution in [3.05, 3.63) is 117 Å². The maximum Gasteiger partial charge on any atom is 0.305 e. The highest BCUT2D eigenvalue weighted by Crippen LogP contribution is 2.69. The molecule has 2 N–H and O–H groups in total. The molecule has 1 saturated heterocycles. The lowest BCUT2D eigenvalue weighted by Gasteiger charge is -2.43. The summed E-state index contributed by atoms with van der Waals surface area (Å²) in [5, 5.41) is 5.71. The van der Waals surface area contributed by atoms with Crippen LogP contribution in [0.25, 0.3) is 10.8 Å². The molecule has 5 aromatic rings. The minimum atomic E-state index is -0.492. The second-order valence-corrected chi connectivity index (χ2v) is 15.1. The fourth-order valence-corrected chi connectivity index (χ4v) is 11.6. The van der Waals surface area contributed by atoms with Crippen LogP contribution < -0.4 is 19.8 Å². The maximum atomic E-state index is 14.0. The minimum absolute atomic E-state index is 0.00775. The van der Waals surface area contributed by atoms with Gasteiger partial charge in [0, 0.05) is 32.7 Å². The first-order valence-corrected chi connectivity index (χ1v) is 17.6. The van der Waals surface area contributed by atoms with Gasteiger partial charge in [-0.1, -0.05) is 65.9 Å². The van der Waals surface area contributed by atoms with Gasteiger partial charge in [0.05, 0.1) is 22.5 Å². The number of carbonyl (C=O) groups excluding carboxylic acids is 3. The summed E-state index contributed by atoms with van der Waals surface area (Å²) in [7, 11) is 0. The van der Waals surface area contributed by atoms with Crippen molar-refractivity contribution in [2.24, 2.45) is 29.6 Å². The van der Waals surface area contributed by atoms with Gasteiger partial charge in [-0.05, 0) is 66.0 Å². The molecule has 3 fully saturated rings. The Morgan fingerprint density at radius 1 is 0.896 bits per heavy atom. The average Bonchev–Trinajstić information content (AvgIpc) is 3.83. The molecule has 0 spiro atoms. The van der Waals surface area contributed by atoms with E-state index in [0.717, 1.165) is 32.7 Å². The number of nitrogens with one attached hydrogen (secondary N) is 2. The van der Waals surface area contributed by atoms with E-state index in [2.05, 4.69) is 10.3 Å². The molecule has 2 aliphatic carbocycles. The summed E-state index contributed by atoms with van der Waals surface area (Å²) in [6.45, 7) is -0.220. The van der Waals surface area contributed by atoms with Crippen molar-refractivity contribution in [2.45, 2.75) is 22.6 Å². The molecule has 0 radical (unpaired) electrons. The molecule has 4 aliphatic rings. The summed E-state index contributed by atoms with van der Waals surface area (Å²) in [4.78, 5) is 58.8. The zero-order valence-electron chi connectivity index (χ0n) is 25.3. The van der Waals surface area contributed by atoms with E-state index in [-0.39, 0.29) is 58.1 Å². The number of ether oxygens (including phenoxy) is 1. The Morgan fingerprint density at radius 3 is 2.46 bits per heavy atom. The molecule has 3 amide bonds. The predicted octanol–water partition coefficient (Wildman–Crippen LogP) is 6.42. The molecule has 2 bridgehead atoms. The van der Waals surface area contributed by atoms with Crippen LogP contribution in [0.3, 0.4) is 0 Å². The molecule has 3 heterocycles. The Balaban J connectivity index is 1.03. The van der Waals surface area contributed by atoms with Crippen molar-refractivity contribution in [3.8, 4) is 5.75 Å². The van der Waals surface area contributed by atoms with E-state index in [1.165, 1.54) is 40.5 Å². The SMILES string of the molecule is O=C(COc1ccccc1[C@@H]1c2sc(=O)[nH]c2S[C@@H]2[C@@H]3C[C@@H]([C@@H]4C(=O)N(c5ccc(F)cc5)C(=O)[C@@H]34)[C@H]12)Nc1cccc2ccccc12. The third-order valence-corrected chi connectivity index (χ3v) is 13.1. The van der Waals surface area contributed by atoms with Gasteiger partial charge in [-0.15, -0.1) is 11.8 Å². The summed E-state index contributed by atoms with van der Waals surface area (Å²) in [6.07, 6.45) is 0.735. The van der Waals surface area contributed by atoms with Crippen LogP contribution in [-0.4, -0.2) is 34.6 Å². The van der Waals surface area contributed by atoms with Crippen LogP contribution in [0.15, 0.2) is 101 Å². The van der Waals surface area contributed by atoms with Gasteiger partial charge in [-0.3, -0.25) is 24.1 Å². The highest BCUT2D eigenvalue weighted by Gasteiger charge is 2.69. The second-order valence-electron chi connectivity index (χ2n) is 12.9. The number of hydrogen-bond donors (Lipinski definition) is 2. The molecule has 7 atom stereocenters. The first kappa shape index (κ1) is 29.4. The van der Waals surface area contributed by atoms with Gasteiger partial charge in [0.25, 0.3) is 5.91 Å². The second kappa shape index (κ2) is 11.2. The van der Waals surface area contributed by atoms with E-state index in [9.17, 15) is 23.6 Å². The highest BCUT2D eigenvalue weighted by atomic mass is 32.2. The van der Waals surface area contributed by atoms with Gasteiger partial charge in [0.1, 0.15) is 11.6 Å². The first-order valence-electron chi connectivity index (χ1n) is 15.9. The Morgan fingerprint density at radius 2 is 1.62 bits per heavy atom. The number of thioether (sulfide) groups is 1. The first-order chi connectivity index (χ1) is 23.4. The van der Waals surface area contributed by atoms with Crippen LogP contribution in [0.4, 0.5) is 15.8 Å². The lowest BCUT2D eigenvalue weighted by Crippen LogP contribution is -2.42. The summed E-state index contributed by atoms with van der Waals surface area (Å²) < 4.78 is 19.9. The Labute approximate surface area is 282 Å². The zero-order chi connectivity index (χ0) is 32.7. The Kier molecular flexibility index (Phi) is 6.84. The van der Waals surface area contributed by atoms with Crippen LogP contribution in [0.2, 0.25) is 0 Å². The third kappa shape index (κ3) is 4.47. The van der Waals surface area contributed by atoms with Gasteiger partial charge in [-0.25, -0.2) is 4.39 Å². The molecule has 1 aromatic heterocycles. The van der Waals surface area contributed by atoms with Crippen LogP contribution in [-0.2, 0) is 14.4 Å². The summed E-state index contributed by atoms with van der Waals surface area (Å²) in [5.74, 6) is -2.10. The van der Waals surface area contributed by atoms with E-state index in [1.807, 2.05) is 66.7 Å². The number of imide groups is 1. The van der Waals surface area contributed by atoms with Crippen molar-refractivity contribution in [1.29, 1.82) is 0 Å². The molecule has 4 aromatic carbocycles. The van der Waals surface area contributed by atoms with E-state index in [1.54, 1.807) is 11.8 Å². The molecule has 11 heteroatoms. The third-order valence-electron chi connectivity index (χ3n) is 10.5. The van der Waals surface area contributed by atoms with Crippen LogP contribution in [0, 0.1) is 35.4 Å². The lowest BCUT2D eigenvalue weighted by molar-refractivity contribution is -0.123. The fourth-order valence-electron chi connectivity index (χ4n) is 8.74.